The van der Waals surface area contributed by atoms with E-state index in [2.05, 4.69) is 15.4 Å². The molecule has 21 heavy (non-hydrogen) atoms. The highest BCUT2D eigenvalue weighted by Crippen LogP contribution is 2.36. The number of benzene rings is 1. The van der Waals surface area contributed by atoms with Crippen LogP contribution in [-0.2, 0) is 6.54 Å². The van der Waals surface area contributed by atoms with Crippen LogP contribution in [0.5, 0.6) is 5.75 Å². The van der Waals surface area contributed by atoms with Gasteiger partial charge in [-0.05, 0) is 35.2 Å². The first kappa shape index (κ1) is 16.4. The number of tetrazole rings is 1. The summed E-state index contributed by atoms with van der Waals surface area (Å²) in [5, 5.41) is 12.0. The van der Waals surface area contributed by atoms with Crippen LogP contribution in [0.1, 0.15) is 10.4 Å². The van der Waals surface area contributed by atoms with Crippen molar-refractivity contribution in [2.24, 2.45) is 0 Å². The lowest BCUT2D eigenvalue weighted by molar-refractivity contribution is 0.108. The van der Waals surface area contributed by atoms with Crippen molar-refractivity contribution in [2.45, 2.75) is 11.7 Å². The van der Waals surface area contributed by atoms with E-state index in [1.54, 1.807) is 0 Å². The molecule has 0 N–H and O–H groups in total. The molecule has 0 aliphatic carbocycles. The minimum atomic E-state index is -0.677. The minimum absolute atomic E-state index is 0.0823. The minimum Gasteiger partial charge on any atom is -0.488 e. The van der Waals surface area contributed by atoms with Crippen LogP contribution in [0.2, 0.25) is 10.0 Å². The molecule has 112 valence electrons. The van der Waals surface area contributed by atoms with Crippen LogP contribution in [0.25, 0.3) is 0 Å². The van der Waals surface area contributed by atoms with Crippen LogP contribution < -0.4 is 4.74 Å². The normalized spacial score (nSPS) is 10.7. The number of halogens is 3. The number of carbonyl (C=O) groups is 1. The van der Waals surface area contributed by atoms with E-state index in [-0.39, 0.29) is 28.0 Å². The van der Waals surface area contributed by atoms with Gasteiger partial charge in [0.05, 0.1) is 22.2 Å². The lowest BCUT2D eigenvalue weighted by Crippen LogP contribution is -2.11. The van der Waals surface area contributed by atoms with Gasteiger partial charge in [-0.3, -0.25) is 4.79 Å². The van der Waals surface area contributed by atoms with Crippen molar-refractivity contribution >= 4 is 51.8 Å². The molecule has 0 radical (unpaired) electrons. The Morgan fingerprint density at radius 2 is 2.19 bits per heavy atom. The molecule has 0 aliphatic heterocycles. The van der Waals surface area contributed by atoms with Crippen molar-refractivity contribution in [1.82, 2.24) is 20.2 Å². The molecule has 1 aromatic carbocycles. The molecule has 10 heteroatoms. The Labute approximate surface area is 139 Å². The third kappa shape index (κ3) is 4.00. The Balaban J connectivity index is 2.06. The summed E-state index contributed by atoms with van der Waals surface area (Å²) in [5.74, 6) is 0.204. The average molecular weight is 368 g/mol. The van der Waals surface area contributed by atoms with E-state index in [0.29, 0.717) is 11.7 Å². The second-order valence-electron chi connectivity index (χ2n) is 3.73. The molecule has 0 fully saturated rings. The highest BCUT2D eigenvalue weighted by atomic mass is 35.5. The van der Waals surface area contributed by atoms with E-state index in [9.17, 15) is 4.79 Å². The number of nitrogens with zero attached hydrogens (tertiary/aromatic N) is 4. The maximum absolute atomic E-state index is 11.2. The van der Waals surface area contributed by atoms with E-state index in [1.807, 2.05) is 6.26 Å². The zero-order valence-electron chi connectivity index (χ0n) is 10.7. The van der Waals surface area contributed by atoms with Crippen molar-refractivity contribution in [1.29, 1.82) is 0 Å². The zero-order chi connectivity index (χ0) is 15.4. The predicted molar refractivity (Wildman–Crippen MR) is 81.7 cm³/mol. The summed E-state index contributed by atoms with van der Waals surface area (Å²) >= 11 is 18.9. The van der Waals surface area contributed by atoms with E-state index < -0.39 is 5.24 Å². The van der Waals surface area contributed by atoms with E-state index >= 15 is 0 Å². The van der Waals surface area contributed by atoms with Gasteiger partial charge in [-0.25, -0.2) is 0 Å². The summed E-state index contributed by atoms with van der Waals surface area (Å²) in [6.45, 7) is 0.572. The molecule has 0 spiro atoms. The number of hydrogen-bond acceptors (Lipinski definition) is 6. The largest absolute Gasteiger partial charge is 0.488 e. The Kier molecular flexibility index (Phi) is 5.69. The number of aromatic nitrogens is 4. The number of carbonyl (C=O) groups excluding carboxylic acids is 1. The van der Waals surface area contributed by atoms with Crippen molar-refractivity contribution in [3.05, 3.63) is 27.7 Å². The maximum Gasteiger partial charge on any atom is 0.254 e. The van der Waals surface area contributed by atoms with Gasteiger partial charge < -0.3 is 4.74 Å². The third-order valence-electron chi connectivity index (χ3n) is 2.42. The van der Waals surface area contributed by atoms with Gasteiger partial charge in [-0.1, -0.05) is 35.0 Å². The molecule has 0 bridgehead atoms. The number of rotatable bonds is 6. The van der Waals surface area contributed by atoms with E-state index in [1.165, 1.54) is 28.7 Å². The molecule has 0 amide bonds. The SMILES string of the molecule is CSc1nnn(CCOc2c(Cl)ccc(C(=O)Cl)c2Cl)n1. The Hall–Kier alpha value is -1.02. The molecule has 1 aromatic heterocycles. The van der Waals surface area contributed by atoms with E-state index in [0.717, 1.165) is 0 Å². The molecule has 6 nitrogen and oxygen atoms in total. The van der Waals surface area contributed by atoms with Gasteiger partial charge in [0.2, 0.25) is 5.16 Å². The first-order valence-corrected chi connectivity index (χ1v) is 8.01. The summed E-state index contributed by atoms with van der Waals surface area (Å²) < 4.78 is 5.50. The van der Waals surface area contributed by atoms with Crippen LogP contribution in [0.15, 0.2) is 17.3 Å². The summed E-state index contributed by atoms with van der Waals surface area (Å²) in [6, 6.07) is 2.94. The number of hydrogen-bond donors (Lipinski definition) is 0. The van der Waals surface area contributed by atoms with Crippen molar-refractivity contribution in [2.75, 3.05) is 12.9 Å². The second-order valence-corrected chi connectivity index (χ2v) is 5.63. The first-order chi connectivity index (χ1) is 10.0. The Bertz CT molecular complexity index is 665. The third-order valence-corrected chi connectivity index (χ3v) is 3.82. The molecule has 0 saturated carbocycles. The fraction of sp³-hybridized carbons (Fsp3) is 0.273. The fourth-order valence-electron chi connectivity index (χ4n) is 1.45. The highest BCUT2D eigenvalue weighted by Gasteiger charge is 2.16. The van der Waals surface area contributed by atoms with Crippen LogP contribution >= 0.6 is 46.6 Å². The van der Waals surface area contributed by atoms with Crippen molar-refractivity contribution in [3.63, 3.8) is 0 Å². The smallest absolute Gasteiger partial charge is 0.254 e. The monoisotopic (exact) mass is 366 g/mol. The average Bonchev–Trinajstić information content (AvgIpc) is 2.90. The van der Waals surface area contributed by atoms with Gasteiger partial charge in [0.15, 0.2) is 5.75 Å². The molecule has 1 heterocycles. The maximum atomic E-state index is 11.2. The van der Waals surface area contributed by atoms with Crippen LogP contribution in [0.3, 0.4) is 0 Å². The van der Waals surface area contributed by atoms with Gasteiger partial charge in [-0.15, -0.1) is 10.2 Å². The van der Waals surface area contributed by atoms with Gasteiger partial charge >= 0.3 is 0 Å². The van der Waals surface area contributed by atoms with Crippen LogP contribution in [-0.4, -0.2) is 38.3 Å². The van der Waals surface area contributed by atoms with Gasteiger partial charge in [0, 0.05) is 0 Å². The van der Waals surface area contributed by atoms with E-state index in [4.69, 9.17) is 39.5 Å². The molecule has 0 aliphatic rings. The van der Waals surface area contributed by atoms with Crippen molar-refractivity contribution < 1.29 is 9.53 Å². The second kappa shape index (κ2) is 7.31. The fourth-order valence-corrected chi connectivity index (χ4v) is 2.52. The number of ether oxygens (including phenoxy) is 1. The first-order valence-electron chi connectivity index (χ1n) is 5.65. The molecule has 2 aromatic rings. The Morgan fingerprint density at radius 3 is 2.81 bits per heavy atom. The summed E-state index contributed by atoms with van der Waals surface area (Å²) in [6.07, 6.45) is 1.85. The quantitative estimate of drug-likeness (QED) is 0.577. The van der Waals surface area contributed by atoms with Crippen LogP contribution in [0.4, 0.5) is 0 Å². The van der Waals surface area contributed by atoms with Crippen molar-refractivity contribution in [3.8, 4) is 5.75 Å². The Morgan fingerprint density at radius 1 is 1.43 bits per heavy atom. The molecular weight excluding hydrogens is 359 g/mol. The van der Waals surface area contributed by atoms with Gasteiger partial charge in [0.1, 0.15) is 6.61 Å². The lowest BCUT2D eigenvalue weighted by atomic mass is 10.2. The summed E-state index contributed by atoms with van der Waals surface area (Å²) in [5.41, 5.74) is 0.140. The summed E-state index contributed by atoms with van der Waals surface area (Å²) in [4.78, 5) is 12.6. The van der Waals surface area contributed by atoms with Crippen LogP contribution in [0, 0.1) is 0 Å². The molecule has 0 saturated heterocycles. The zero-order valence-corrected chi connectivity index (χ0v) is 13.8. The topological polar surface area (TPSA) is 69.9 Å². The molecular formula is C11H9Cl3N4O2S. The summed E-state index contributed by atoms with van der Waals surface area (Å²) in [7, 11) is 0. The van der Waals surface area contributed by atoms with Gasteiger partial charge in [-0.2, -0.15) is 4.80 Å². The standard InChI is InChI=1S/C11H9Cl3N4O2S/c1-21-11-15-17-18(16-11)4-5-20-9-7(12)3-2-6(8(9)13)10(14)19/h2-3H,4-5H2,1H3. The molecule has 0 atom stereocenters. The number of thioether (sulfide) groups is 1. The lowest BCUT2D eigenvalue weighted by Gasteiger charge is -2.11. The molecule has 0 unspecified atom stereocenters. The predicted octanol–water partition coefficient (Wildman–Crippen LogP) is 3.16. The van der Waals surface area contributed by atoms with Gasteiger partial charge in [0.25, 0.3) is 5.24 Å². The highest BCUT2D eigenvalue weighted by molar-refractivity contribution is 7.98. The molecule has 2 rings (SSSR count).